The molecule has 0 aliphatic carbocycles. The molecule has 6 rings (SSSR count). The average Bonchev–Trinajstić information content (AvgIpc) is 3.13. The summed E-state index contributed by atoms with van der Waals surface area (Å²) >= 11 is 0. The van der Waals surface area contributed by atoms with Crippen molar-refractivity contribution in [3.63, 3.8) is 0 Å². The Morgan fingerprint density at radius 2 is 0.561 bits per heavy atom. The third-order valence-corrected chi connectivity index (χ3v) is 7.57. The van der Waals surface area contributed by atoms with Gasteiger partial charge in [-0.15, -0.1) is 0 Å². The molecule has 0 unspecified atom stereocenters. The van der Waals surface area contributed by atoms with Crippen molar-refractivity contribution in [1.29, 1.82) is 0 Å². The van der Waals surface area contributed by atoms with Crippen LogP contribution in [-0.2, 0) is 0 Å². The second kappa shape index (κ2) is 14.2. The molecule has 21 heteroatoms. The van der Waals surface area contributed by atoms with Gasteiger partial charge in [-0.3, -0.25) is 0 Å². The van der Waals surface area contributed by atoms with Crippen LogP contribution in [0, 0.1) is 0 Å². The first-order valence-corrected chi connectivity index (χ1v) is 15.4. The minimum absolute atomic E-state index is 0.392. The first kappa shape index (κ1) is 37.9. The van der Waals surface area contributed by atoms with E-state index in [1.807, 2.05) is 0 Å². The monoisotopic (exact) mass is 794 g/mol. The number of phenolic OH excluding ortho intramolecular Hbond substituents is 16. The highest BCUT2D eigenvalue weighted by atomic mass is 16.6. The van der Waals surface area contributed by atoms with E-state index in [1.54, 1.807) is 0 Å². The van der Waals surface area contributed by atoms with Crippen LogP contribution >= 0.6 is 0 Å². The van der Waals surface area contributed by atoms with E-state index >= 15 is 0 Å². The Bertz CT molecular complexity index is 2520. The van der Waals surface area contributed by atoms with Crippen molar-refractivity contribution in [1.82, 2.24) is 0 Å². The number of hydrogen-bond donors (Lipinski definition) is 16. The Labute approximate surface area is 315 Å². The Balaban J connectivity index is 1.35. The zero-order chi connectivity index (χ0) is 41.6. The summed E-state index contributed by atoms with van der Waals surface area (Å²) in [7, 11) is 0. The Kier molecular flexibility index (Phi) is 9.41. The minimum Gasteiger partial charge on any atom is -0.508 e. The number of benzene rings is 6. The maximum Gasteiger partial charge on any atom is 0.215 e. The largest absolute Gasteiger partial charge is 0.508 e. The van der Waals surface area contributed by atoms with Crippen LogP contribution in [0.2, 0.25) is 0 Å². The zero-order valence-electron chi connectivity index (χ0n) is 28.0. The van der Waals surface area contributed by atoms with E-state index < -0.39 is 149 Å². The molecule has 296 valence electrons. The van der Waals surface area contributed by atoms with Crippen molar-refractivity contribution < 1.29 is 105 Å². The predicted molar refractivity (Wildman–Crippen MR) is 186 cm³/mol. The lowest BCUT2D eigenvalue weighted by Crippen LogP contribution is -1.95. The first-order valence-electron chi connectivity index (χ1n) is 15.4. The predicted octanol–water partition coefficient (Wildman–Crippen LogP) is 5.94. The van der Waals surface area contributed by atoms with Crippen LogP contribution in [0.3, 0.4) is 0 Å². The van der Waals surface area contributed by atoms with Crippen LogP contribution < -0.4 is 23.7 Å². The molecular weight excluding hydrogens is 768 g/mol. The van der Waals surface area contributed by atoms with E-state index in [4.69, 9.17) is 23.7 Å². The average molecular weight is 795 g/mol. The summed E-state index contributed by atoms with van der Waals surface area (Å²) < 4.78 is 27.4. The zero-order valence-corrected chi connectivity index (χ0v) is 28.0. The molecular formula is C36H26O21. The van der Waals surface area contributed by atoms with E-state index in [0.29, 0.717) is 12.1 Å². The highest BCUT2D eigenvalue weighted by Gasteiger charge is 2.27. The van der Waals surface area contributed by atoms with Gasteiger partial charge >= 0.3 is 0 Å². The Hall–Kier alpha value is -8.88. The van der Waals surface area contributed by atoms with E-state index in [2.05, 4.69) is 0 Å². The van der Waals surface area contributed by atoms with Crippen LogP contribution in [0.4, 0.5) is 0 Å². The van der Waals surface area contributed by atoms with Crippen molar-refractivity contribution in [2.75, 3.05) is 0 Å². The van der Waals surface area contributed by atoms with Gasteiger partial charge in [-0.25, -0.2) is 0 Å². The van der Waals surface area contributed by atoms with Gasteiger partial charge in [-0.1, -0.05) is 0 Å². The first-order chi connectivity index (χ1) is 26.8. The fourth-order valence-electron chi connectivity index (χ4n) is 4.91. The van der Waals surface area contributed by atoms with Crippen molar-refractivity contribution in [3.05, 3.63) is 60.7 Å². The second-order valence-electron chi connectivity index (χ2n) is 11.6. The van der Waals surface area contributed by atoms with Crippen LogP contribution in [0.1, 0.15) is 0 Å². The quantitative estimate of drug-likeness (QED) is 0.0713. The summed E-state index contributed by atoms with van der Waals surface area (Å²) in [5.74, 6) is -21.9. The van der Waals surface area contributed by atoms with Gasteiger partial charge in [0.05, 0.1) is 0 Å². The SMILES string of the molecule is Oc1cc(O)c(Oc2cc(O)c(Oc3cc(O)c(O)c(O)c3Oc3cc(O)c(O)c(Oc4cc(O)c(O)c(O)c4Oc4cc(O)c(O)c(O)c4)c3)c(O)c2)c(O)c1. The second-order valence-corrected chi connectivity index (χ2v) is 11.6. The molecule has 0 fully saturated rings. The number of hydrogen-bond acceptors (Lipinski definition) is 21. The molecule has 0 spiro atoms. The highest BCUT2D eigenvalue weighted by Crippen LogP contribution is 2.57. The van der Waals surface area contributed by atoms with E-state index in [-0.39, 0.29) is 0 Å². The molecule has 0 radical (unpaired) electrons. The lowest BCUT2D eigenvalue weighted by molar-refractivity contribution is 0.320. The summed E-state index contributed by atoms with van der Waals surface area (Å²) in [5.41, 5.74) is 0. The van der Waals surface area contributed by atoms with Crippen LogP contribution in [-0.4, -0.2) is 81.7 Å². The molecule has 0 amide bonds. The van der Waals surface area contributed by atoms with Gasteiger partial charge in [0.15, 0.2) is 69.0 Å². The van der Waals surface area contributed by atoms with Crippen molar-refractivity contribution in [2.24, 2.45) is 0 Å². The highest BCUT2D eigenvalue weighted by molar-refractivity contribution is 5.69. The molecule has 21 nitrogen and oxygen atoms in total. The molecule has 6 aromatic rings. The molecule has 0 aliphatic rings. The summed E-state index contributed by atoms with van der Waals surface area (Å²) in [5, 5.41) is 164. The fraction of sp³-hybridized carbons (Fsp3) is 0. The van der Waals surface area contributed by atoms with Gasteiger partial charge in [0, 0.05) is 60.7 Å². The van der Waals surface area contributed by atoms with Crippen LogP contribution in [0.5, 0.6) is 149 Å². The smallest absolute Gasteiger partial charge is 0.215 e. The third kappa shape index (κ3) is 7.24. The minimum atomic E-state index is -1.22. The van der Waals surface area contributed by atoms with Crippen molar-refractivity contribution >= 4 is 0 Å². The van der Waals surface area contributed by atoms with Crippen LogP contribution in [0.25, 0.3) is 0 Å². The van der Waals surface area contributed by atoms with Crippen molar-refractivity contribution in [3.8, 4) is 149 Å². The summed E-state index contributed by atoms with van der Waals surface area (Å²) in [6, 6.07) is 7.71. The molecule has 0 bridgehead atoms. The van der Waals surface area contributed by atoms with Gasteiger partial charge in [0.1, 0.15) is 23.0 Å². The molecule has 0 heterocycles. The molecule has 6 aromatic carbocycles. The van der Waals surface area contributed by atoms with Gasteiger partial charge < -0.3 is 105 Å². The maximum absolute atomic E-state index is 10.7. The fourth-order valence-corrected chi connectivity index (χ4v) is 4.91. The lowest BCUT2D eigenvalue weighted by Gasteiger charge is -2.19. The number of rotatable bonds is 10. The van der Waals surface area contributed by atoms with E-state index in [9.17, 15) is 81.7 Å². The maximum atomic E-state index is 10.7. The molecule has 0 aliphatic heterocycles. The Morgan fingerprint density at radius 3 is 1.04 bits per heavy atom. The van der Waals surface area contributed by atoms with Gasteiger partial charge in [0.25, 0.3) is 0 Å². The van der Waals surface area contributed by atoms with E-state index in [0.717, 1.165) is 48.5 Å². The van der Waals surface area contributed by atoms with Gasteiger partial charge in [-0.05, 0) is 0 Å². The summed E-state index contributed by atoms with van der Waals surface area (Å²) in [6.07, 6.45) is 0. The molecule has 0 aromatic heterocycles. The molecule has 57 heavy (non-hydrogen) atoms. The van der Waals surface area contributed by atoms with Gasteiger partial charge in [-0.2, -0.15) is 0 Å². The third-order valence-electron chi connectivity index (χ3n) is 7.57. The molecule has 0 saturated carbocycles. The normalized spacial score (nSPS) is 10.9. The van der Waals surface area contributed by atoms with Crippen LogP contribution in [0.15, 0.2) is 60.7 Å². The topological polar surface area (TPSA) is 370 Å². The number of phenols is 16. The number of ether oxygens (including phenoxy) is 5. The summed E-state index contributed by atoms with van der Waals surface area (Å²) in [6.45, 7) is 0. The van der Waals surface area contributed by atoms with E-state index in [1.165, 1.54) is 0 Å². The molecule has 0 saturated heterocycles. The van der Waals surface area contributed by atoms with Crippen molar-refractivity contribution in [2.45, 2.75) is 0 Å². The number of aromatic hydroxyl groups is 16. The summed E-state index contributed by atoms with van der Waals surface area (Å²) in [4.78, 5) is 0. The Morgan fingerprint density at radius 1 is 0.228 bits per heavy atom. The lowest BCUT2D eigenvalue weighted by atomic mass is 10.2. The standard InChI is InChI=1S/C36H26O21/c37-11-1-20(43)33(21(44)2-11)53-13-6-22(45)34(23(46)7-13)57-26-10-19(42)30(50)32(52)36(26)55-14-5-17(40)28(48)24(8-14)56-25-9-18(41)29(49)31(51)35(25)54-12-3-15(38)27(47)16(39)4-12/h1-10,37-52H. The molecule has 16 N–H and O–H groups in total. The van der Waals surface area contributed by atoms with Gasteiger partial charge in [0.2, 0.25) is 57.5 Å². The molecule has 0 atom stereocenters.